The van der Waals surface area contributed by atoms with Gasteiger partial charge in [0.1, 0.15) is 0 Å². The zero-order valence-corrected chi connectivity index (χ0v) is 23.3. The van der Waals surface area contributed by atoms with Crippen LogP contribution in [0.25, 0.3) is 0 Å². The van der Waals surface area contributed by atoms with E-state index in [1.54, 1.807) is 0 Å². The van der Waals surface area contributed by atoms with Crippen molar-refractivity contribution < 1.29 is 19.1 Å². The van der Waals surface area contributed by atoms with E-state index in [2.05, 4.69) is 51.6 Å². The van der Waals surface area contributed by atoms with Crippen molar-refractivity contribution in [3.63, 3.8) is 0 Å². The number of H-pyrrole nitrogens is 1. The molecule has 3 aliphatic rings. The van der Waals surface area contributed by atoms with Crippen LogP contribution in [0.5, 0.6) is 11.5 Å². The maximum absolute atomic E-state index is 14.1. The maximum atomic E-state index is 14.1. The van der Waals surface area contributed by atoms with Crippen molar-refractivity contribution in [3.8, 4) is 11.5 Å². The molecule has 10 nitrogen and oxygen atoms in total. The van der Waals surface area contributed by atoms with Gasteiger partial charge in [-0.1, -0.05) is 38.0 Å². The molecule has 40 heavy (non-hydrogen) atoms. The fourth-order valence-electron chi connectivity index (χ4n) is 6.58. The Morgan fingerprint density at radius 2 is 1.82 bits per heavy atom. The number of amides is 2. The third-order valence-electron chi connectivity index (χ3n) is 8.75. The van der Waals surface area contributed by atoms with Crippen molar-refractivity contribution in [1.82, 2.24) is 25.5 Å². The van der Waals surface area contributed by atoms with Crippen molar-refractivity contribution in [2.75, 3.05) is 12.1 Å². The molecule has 2 N–H and O–H groups in total. The number of anilines is 1. The highest BCUT2D eigenvalue weighted by Crippen LogP contribution is 2.44. The van der Waals surface area contributed by atoms with Crippen molar-refractivity contribution >= 4 is 17.8 Å². The predicted molar refractivity (Wildman–Crippen MR) is 148 cm³/mol. The summed E-state index contributed by atoms with van der Waals surface area (Å²) in [6, 6.07) is 11.7. The molecule has 6 rings (SSSR count). The van der Waals surface area contributed by atoms with Gasteiger partial charge in [0.2, 0.25) is 12.7 Å². The summed E-state index contributed by atoms with van der Waals surface area (Å²) in [5.74, 6) is 2.05. The average Bonchev–Trinajstić information content (AvgIpc) is 3.70. The molecule has 0 radical (unpaired) electrons. The van der Waals surface area contributed by atoms with E-state index < -0.39 is 0 Å². The fraction of sp³-hybridized carbons (Fsp3) is 0.500. The van der Waals surface area contributed by atoms with Gasteiger partial charge in [-0.05, 0) is 96.0 Å². The lowest BCUT2D eigenvalue weighted by Crippen LogP contribution is -2.45. The molecule has 2 amide bonds. The molecule has 1 aliphatic heterocycles. The van der Waals surface area contributed by atoms with Crippen LogP contribution in [0.4, 0.5) is 5.95 Å². The summed E-state index contributed by atoms with van der Waals surface area (Å²) in [6.07, 6.45) is 6.23. The Morgan fingerprint density at radius 3 is 2.58 bits per heavy atom. The molecular weight excluding hydrogens is 508 g/mol. The number of aryl methyl sites for hydroxylation is 1. The zero-order chi connectivity index (χ0) is 27.9. The molecule has 10 heteroatoms. The third-order valence-corrected chi connectivity index (χ3v) is 8.75. The first-order valence-corrected chi connectivity index (χ1v) is 14.1. The Morgan fingerprint density at radius 1 is 1.02 bits per heavy atom. The van der Waals surface area contributed by atoms with Crippen LogP contribution in [-0.4, -0.2) is 50.2 Å². The third kappa shape index (κ3) is 5.26. The molecule has 0 spiro atoms. The van der Waals surface area contributed by atoms with Crippen molar-refractivity contribution in [2.24, 2.45) is 11.3 Å². The highest BCUT2D eigenvalue weighted by atomic mass is 16.7. The molecule has 1 fully saturated rings. The normalized spacial score (nSPS) is 21.6. The minimum absolute atomic E-state index is 0.0120. The average molecular weight is 545 g/mol. The zero-order valence-electron chi connectivity index (χ0n) is 23.3. The monoisotopic (exact) mass is 544 g/mol. The van der Waals surface area contributed by atoms with E-state index in [0.717, 1.165) is 61.0 Å². The van der Waals surface area contributed by atoms with E-state index in [-0.39, 0.29) is 42.1 Å². The van der Waals surface area contributed by atoms with Crippen LogP contribution >= 0.6 is 0 Å². The van der Waals surface area contributed by atoms with Crippen LogP contribution < -0.4 is 14.8 Å². The molecule has 1 unspecified atom stereocenters. The number of hydrogen-bond acceptors (Lipinski definition) is 7. The number of tetrazole rings is 1. The van der Waals surface area contributed by atoms with Crippen LogP contribution in [0.15, 0.2) is 36.4 Å². The van der Waals surface area contributed by atoms with Crippen LogP contribution in [0.2, 0.25) is 0 Å². The van der Waals surface area contributed by atoms with Gasteiger partial charge in [0, 0.05) is 11.6 Å². The highest BCUT2D eigenvalue weighted by Gasteiger charge is 2.39. The Bertz CT molecular complexity index is 1390. The van der Waals surface area contributed by atoms with Gasteiger partial charge in [-0.2, -0.15) is 5.21 Å². The van der Waals surface area contributed by atoms with Crippen LogP contribution in [0.3, 0.4) is 0 Å². The number of aromatic amines is 1. The van der Waals surface area contributed by atoms with E-state index >= 15 is 0 Å². The topological polar surface area (TPSA) is 122 Å². The maximum Gasteiger partial charge on any atom is 0.270 e. The Labute approximate surface area is 233 Å². The second-order valence-corrected chi connectivity index (χ2v) is 12.2. The number of nitrogens with zero attached hydrogens (tertiary/aromatic N) is 4. The number of ether oxygens (including phenoxy) is 2. The van der Waals surface area contributed by atoms with Crippen LogP contribution in [0.1, 0.15) is 86.0 Å². The standard InChI is InChI=1S/C30H36N6O4/c1-30(2,3)21-7-9-22(10-8-21)36(27(37)15-18-4-13-25-26(14-18)40-17-39-25)24-12-6-19-16-20(5-11-23(19)24)28(38)31-29-32-34-35-33-29/h4-5,11,13-14,16,21-22,24H,6-10,12,15,17H2,1-3H3,(H2,31,32,33,34,35,38). The quantitative estimate of drug-likeness (QED) is 0.455. The summed E-state index contributed by atoms with van der Waals surface area (Å²) in [5, 5.41) is 16.1. The van der Waals surface area contributed by atoms with Gasteiger partial charge in [0.25, 0.3) is 11.9 Å². The van der Waals surface area contributed by atoms with Gasteiger partial charge in [-0.15, -0.1) is 5.10 Å². The highest BCUT2D eigenvalue weighted by molar-refractivity contribution is 6.03. The molecule has 1 saturated carbocycles. The van der Waals surface area contributed by atoms with Gasteiger partial charge in [-0.25, -0.2) is 0 Å². The molecule has 0 saturated heterocycles. The summed E-state index contributed by atoms with van der Waals surface area (Å²) in [5.41, 5.74) is 3.97. The molecule has 3 aromatic rings. The molecule has 2 aliphatic carbocycles. The summed E-state index contributed by atoms with van der Waals surface area (Å²) in [4.78, 5) is 29.0. The lowest BCUT2D eigenvalue weighted by molar-refractivity contribution is -0.137. The second kappa shape index (κ2) is 10.6. The summed E-state index contributed by atoms with van der Waals surface area (Å²) >= 11 is 0. The van der Waals surface area contributed by atoms with Crippen molar-refractivity contribution in [3.05, 3.63) is 58.7 Å². The first kappa shape index (κ1) is 26.3. The minimum Gasteiger partial charge on any atom is -0.454 e. The molecule has 1 aromatic heterocycles. The number of aromatic nitrogens is 4. The van der Waals surface area contributed by atoms with Crippen LogP contribution in [0, 0.1) is 11.3 Å². The fourth-order valence-corrected chi connectivity index (χ4v) is 6.58. The number of carbonyl (C=O) groups is 2. The minimum atomic E-state index is -0.288. The largest absolute Gasteiger partial charge is 0.454 e. The second-order valence-electron chi connectivity index (χ2n) is 12.2. The summed E-state index contributed by atoms with van der Waals surface area (Å²) < 4.78 is 11.0. The first-order chi connectivity index (χ1) is 19.3. The van der Waals surface area contributed by atoms with Gasteiger partial charge < -0.3 is 14.4 Å². The van der Waals surface area contributed by atoms with Gasteiger partial charge in [0.05, 0.1) is 12.5 Å². The van der Waals surface area contributed by atoms with Gasteiger partial charge in [0.15, 0.2) is 11.5 Å². The van der Waals surface area contributed by atoms with E-state index in [1.165, 1.54) is 0 Å². The summed E-state index contributed by atoms with van der Waals surface area (Å²) in [7, 11) is 0. The van der Waals surface area contributed by atoms with Gasteiger partial charge in [-0.3, -0.25) is 14.9 Å². The lowest BCUT2D eigenvalue weighted by atomic mass is 9.71. The van der Waals surface area contributed by atoms with Crippen molar-refractivity contribution in [2.45, 2.75) is 77.8 Å². The molecular formula is C30H36N6O4. The Hall–Kier alpha value is -3.95. The number of hydrogen-bond donors (Lipinski definition) is 2. The van der Waals surface area contributed by atoms with E-state index in [0.29, 0.717) is 23.7 Å². The summed E-state index contributed by atoms with van der Waals surface area (Å²) in [6.45, 7) is 7.17. The Kier molecular flexibility index (Phi) is 6.93. The smallest absolute Gasteiger partial charge is 0.270 e. The Balaban J connectivity index is 1.25. The van der Waals surface area contributed by atoms with Crippen molar-refractivity contribution in [1.29, 1.82) is 0 Å². The number of fused-ring (bicyclic) bond motifs is 2. The number of nitrogens with one attached hydrogen (secondary N) is 2. The van der Waals surface area contributed by atoms with Gasteiger partial charge >= 0.3 is 0 Å². The molecule has 2 heterocycles. The number of benzene rings is 2. The molecule has 1 atom stereocenters. The number of carbonyl (C=O) groups excluding carboxylic acids is 2. The number of rotatable bonds is 6. The molecule has 210 valence electrons. The lowest BCUT2D eigenvalue weighted by Gasteiger charge is -2.43. The molecule has 2 aromatic carbocycles. The first-order valence-electron chi connectivity index (χ1n) is 14.1. The molecule has 0 bridgehead atoms. The predicted octanol–water partition coefficient (Wildman–Crippen LogP) is 4.84. The van der Waals surface area contributed by atoms with E-state index in [1.807, 2.05) is 36.4 Å². The van der Waals surface area contributed by atoms with E-state index in [9.17, 15) is 9.59 Å². The van der Waals surface area contributed by atoms with E-state index in [4.69, 9.17) is 9.47 Å². The van der Waals surface area contributed by atoms with Crippen LogP contribution in [-0.2, 0) is 17.6 Å². The SMILES string of the molecule is CC(C)(C)C1CCC(N(C(=O)Cc2ccc3c(c2)OCO3)C2CCc3cc(C(=O)Nc4nn[nH]n4)ccc32)CC1.